The monoisotopic (exact) mass is 594 g/mol. The Balaban J connectivity index is 1.17. The first kappa shape index (κ1) is 30.9. The Bertz CT molecular complexity index is 1480. The Morgan fingerprint density at radius 2 is 1.91 bits per heavy atom. The molecule has 0 spiro atoms. The number of aliphatic carboxylic acids is 1. The minimum absolute atomic E-state index is 0.427. The Hall–Kier alpha value is -4.50. The molecule has 1 aliphatic rings. The SMILES string of the molecule is Cc1ccc(OCCN(CCCCc2ccc3c(n2)NCCC3)CC[C@H](Nc2cc(-c3ccccc3)ccn2)C(=O)O)cn1. The van der Waals surface area contributed by atoms with Crippen LogP contribution in [-0.4, -0.2) is 69.8 Å². The van der Waals surface area contributed by atoms with Crippen LogP contribution in [0.5, 0.6) is 5.75 Å². The summed E-state index contributed by atoms with van der Waals surface area (Å²) in [4.78, 5) is 28.1. The van der Waals surface area contributed by atoms with Crippen molar-refractivity contribution >= 4 is 17.6 Å². The third-order valence-corrected chi connectivity index (χ3v) is 7.89. The third kappa shape index (κ3) is 9.25. The van der Waals surface area contributed by atoms with Gasteiger partial charge in [-0.05, 0) is 99.0 Å². The van der Waals surface area contributed by atoms with Gasteiger partial charge in [-0.25, -0.2) is 14.8 Å². The van der Waals surface area contributed by atoms with Crippen LogP contribution in [0.4, 0.5) is 11.6 Å². The number of aromatic nitrogens is 3. The highest BCUT2D eigenvalue weighted by atomic mass is 16.5. The molecule has 0 saturated heterocycles. The lowest BCUT2D eigenvalue weighted by Crippen LogP contribution is -2.37. The van der Waals surface area contributed by atoms with Crippen LogP contribution in [0.3, 0.4) is 0 Å². The number of ether oxygens (including phenoxy) is 1. The highest BCUT2D eigenvalue weighted by molar-refractivity contribution is 5.77. The molecule has 0 amide bonds. The number of carboxylic acid groups (broad SMARTS) is 1. The van der Waals surface area contributed by atoms with Gasteiger partial charge in [0.1, 0.15) is 30.0 Å². The van der Waals surface area contributed by atoms with E-state index in [9.17, 15) is 9.90 Å². The Morgan fingerprint density at radius 3 is 2.73 bits per heavy atom. The fourth-order valence-corrected chi connectivity index (χ4v) is 5.38. The molecule has 0 aliphatic carbocycles. The quantitative estimate of drug-likeness (QED) is 0.137. The summed E-state index contributed by atoms with van der Waals surface area (Å²) in [6.07, 6.45) is 9.01. The number of nitrogens with one attached hydrogen (secondary N) is 2. The molecule has 0 saturated carbocycles. The van der Waals surface area contributed by atoms with Gasteiger partial charge in [0.15, 0.2) is 0 Å². The van der Waals surface area contributed by atoms with Crippen molar-refractivity contribution in [3.8, 4) is 16.9 Å². The number of hydrogen-bond donors (Lipinski definition) is 3. The molecule has 1 atom stereocenters. The molecule has 0 unspecified atom stereocenters. The molecule has 44 heavy (non-hydrogen) atoms. The summed E-state index contributed by atoms with van der Waals surface area (Å²) in [5, 5.41) is 16.6. The summed E-state index contributed by atoms with van der Waals surface area (Å²) >= 11 is 0. The lowest BCUT2D eigenvalue weighted by atomic mass is 10.1. The van der Waals surface area contributed by atoms with Crippen LogP contribution < -0.4 is 15.4 Å². The highest BCUT2D eigenvalue weighted by Gasteiger charge is 2.20. The van der Waals surface area contributed by atoms with Crippen molar-refractivity contribution in [1.29, 1.82) is 0 Å². The Labute approximate surface area is 259 Å². The number of nitrogens with zero attached hydrogens (tertiary/aromatic N) is 4. The number of carboxylic acids is 1. The minimum atomic E-state index is -0.897. The van der Waals surface area contributed by atoms with Gasteiger partial charge in [-0.1, -0.05) is 36.4 Å². The zero-order chi connectivity index (χ0) is 30.6. The van der Waals surface area contributed by atoms with E-state index in [1.807, 2.05) is 61.5 Å². The molecule has 3 aromatic heterocycles. The van der Waals surface area contributed by atoms with Crippen molar-refractivity contribution < 1.29 is 14.6 Å². The Kier molecular flexibility index (Phi) is 11.1. The van der Waals surface area contributed by atoms with Gasteiger partial charge >= 0.3 is 5.97 Å². The molecular formula is C35H42N6O3. The number of carbonyl (C=O) groups is 1. The van der Waals surface area contributed by atoms with Gasteiger partial charge in [0.25, 0.3) is 0 Å². The number of anilines is 2. The predicted octanol–water partition coefficient (Wildman–Crippen LogP) is 5.86. The lowest BCUT2D eigenvalue weighted by Gasteiger charge is -2.25. The van der Waals surface area contributed by atoms with E-state index >= 15 is 0 Å². The molecule has 5 rings (SSSR count). The number of fused-ring (bicyclic) bond motifs is 1. The van der Waals surface area contributed by atoms with Gasteiger partial charge < -0.3 is 20.5 Å². The first-order valence-corrected chi connectivity index (χ1v) is 15.5. The molecule has 1 aliphatic heterocycles. The van der Waals surface area contributed by atoms with Gasteiger partial charge in [0, 0.05) is 37.2 Å². The highest BCUT2D eigenvalue weighted by Crippen LogP contribution is 2.22. The molecule has 0 bridgehead atoms. The fourth-order valence-electron chi connectivity index (χ4n) is 5.38. The second kappa shape index (κ2) is 15.8. The van der Waals surface area contributed by atoms with Crippen LogP contribution in [0.15, 0.2) is 79.1 Å². The van der Waals surface area contributed by atoms with Crippen molar-refractivity contribution in [2.45, 2.75) is 51.5 Å². The molecular weight excluding hydrogens is 552 g/mol. The van der Waals surface area contributed by atoms with E-state index in [4.69, 9.17) is 9.72 Å². The predicted molar refractivity (Wildman–Crippen MR) is 174 cm³/mol. The number of unbranched alkanes of at least 4 members (excludes halogenated alkanes) is 1. The molecule has 4 heterocycles. The van der Waals surface area contributed by atoms with E-state index in [0.29, 0.717) is 31.9 Å². The van der Waals surface area contributed by atoms with Crippen LogP contribution in [0.1, 0.15) is 42.6 Å². The molecule has 3 N–H and O–H groups in total. The Morgan fingerprint density at radius 1 is 1.02 bits per heavy atom. The smallest absolute Gasteiger partial charge is 0.326 e. The van der Waals surface area contributed by atoms with Gasteiger partial charge in [0.2, 0.25) is 0 Å². The second-order valence-electron chi connectivity index (χ2n) is 11.2. The average Bonchev–Trinajstić information content (AvgIpc) is 3.05. The zero-order valence-electron chi connectivity index (χ0n) is 25.4. The van der Waals surface area contributed by atoms with Crippen LogP contribution >= 0.6 is 0 Å². The van der Waals surface area contributed by atoms with Crippen molar-refractivity contribution in [3.63, 3.8) is 0 Å². The first-order chi connectivity index (χ1) is 21.5. The molecule has 230 valence electrons. The maximum atomic E-state index is 12.3. The standard InChI is InChI=1S/C35H42N6O3/c1-26-12-15-31(25-38-26)44-23-22-41(20-6-5-11-30-14-13-28-10-7-18-37-34(28)39-30)21-17-32(35(42)43)40-33-24-29(16-19-36-33)27-8-3-2-4-9-27/h2-4,8-9,12-16,19,24-25,32H,5-7,10-11,17-18,20-23H2,1H3,(H,36,40)(H,37,39)(H,42,43)/t32-/m0/s1. The summed E-state index contributed by atoms with van der Waals surface area (Å²) in [5.41, 5.74) is 5.40. The average molecular weight is 595 g/mol. The summed E-state index contributed by atoms with van der Waals surface area (Å²) in [7, 11) is 0. The van der Waals surface area contributed by atoms with E-state index in [1.54, 1.807) is 12.4 Å². The van der Waals surface area contributed by atoms with Gasteiger partial charge in [-0.2, -0.15) is 0 Å². The topological polar surface area (TPSA) is 112 Å². The summed E-state index contributed by atoms with van der Waals surface area (Å²) < 4.78 is 5.96. The third-order valence-electron chi connectivity index (χ3n) is 7.89. The molecule has 9 heteroatoms. The molecule has 1 aromatic carbocycles. The molecule has 4 aromatic rings. The van der Waals surface area contributed by atoms with Crippen molar-refractivity contribution in [2.75, 3.05) is 43.4 Å². The van der Waals surface area contributed by atoms with E-state index in [0.717, 1.165) is 79.3 Å². The van der Waals surface area contributed by atoms with E-state index in [2.05, 4.69) is 37.6 Å². The molecule has 9 nitrogen and oxygen atoms in total. The van der Waals surface area contributed by atoms with Gasteiger partial charge in [0.05, 0.1) is 6.20 Å². The first-order valence-electron chi connectivity index (χ1n) is 15.5. The largest absolute Gasteiger partial charge is 0.491 e. The van der Waals surface area contributed by atoms with Crippen LogP contribution in [0, 0.1) is 6.92 Å². The maximum absolute atomic E-state index is 12.3. The number of hydrogen-bond acceptors (Lipinski definition) is 8. The summed E-state index contributed by atoms with van der Waals surface area (Å²) in [5.74, 6) is 1.42. The number of benzene rings is 1. The fraction of sp³-hybridized carbons (Fsp3) is 0.371. The van der Waals surface area contributed by atoms with Crippen LogP contribution in [0.25, 0.3) is 11.1 Å². The van der Waals surface area contributed by atoms with Crippen molar-refractivity contribution in [2.24, 2.45) is 0 Å². The zero-order valence-corrected chi connectivity index (χ0v) is 25.4. The van der Waals surface area contributed by atoms with Crippen molar-refractivity contribution in [1.82, 2.24) is 19.9 Å². The van der Waals surface area contributed by atoms with Gasteiger partial charge in [-0.15, -0.1) is 0 Å². The van der Waals surface area contributed by atoms with Crippen LogP contribution in [-0.2, 0) is 17.6 Å². The number of rotatable bonds is 16. The summed E-state index contributed by atoms with van der Waals surface area (Å²) in [6.45, 7) is 5.56. The van der Waals surface area contributed by atoms with Crippen molar-refractivity contribution in [3.05, 3.63) is 96.1 Å². The summed E-state index contributed by atoms with van der Waals surface area (Å²) in [6, 6.07) is 21.3. The van der Waals surface area contributed by atoms with Crippen LogP contribution in [0.2, 0.25) is 0 Å². The molecule has 0 fully saturated rings. The molecule has 0 radical (unpaired) electrons. The second-order valence-corrected chi connectivity index (χ2v) is 11.2. The minimum Gasteiger partial charge on any atom is -0.491 e. The van der Waals surface area contributed by atoms with Gasteiger partial charge in [-0.3, -0.25) is 9.88 Å². The van der Waals surface area contributed by atoms with E-state index in [-0.39, 0.29) is 0 Å². The van der Waals surface area contributed by atoms with E-state index < -0.39 is 12.0 Å². The van der Waals surface area contributed by atoms with E-state index in [1.165, 1.54) is 5.56 Å². The maximum Gasteiger partial charge on any atom is 0.326 e. The normalized spacial score (nSPS) is 13.1. The lowest BCUT2D eigenvalue weighted by molar-refractivity contribution is -0.138. The number of aryl methyl sites for hydroxylation is 3. The number of pyridine rings is 3.